The highest BCUT2D eigenvalue weighted by Crippen LogP contribution is 2.33. The van der Waals surface area contributed by atoms with Gasteiger partial charge in [0.25, 0.3) is 12.3 Å². The first-order chi connectivity index (χ1) is 21.7. The first-order valence-corrected chi connectivity index (χ1v) is 17.3. The van der Waals surface area contributed by atoms with Crippen molar-refractivity contribution in [2.75, 3.05) is 25.1 Å². The molecule has 3 aliphatic rings. The Morgan fingerprint density at radius 1 is 1.20 bits per heavy atom. The lowest BCUT2D eigenvalue weighted by molar-refractivity contribution is 0.0951. The van der Waals surface area contributed by atoms with Gasteiger partial charge >= 0.3 is 0 Å². The number of pyridine rings is 1. The quantitative estimate of drug-likeness (QED) is 0.0798. The molecule has 3 unspecified atom stereocenters. The van der Waals surface area contributed by atoms with Gasteiger partial charge in [0.15, 0.2) is 0 Å². The van der Waals surface area contributed by atoms with Crippen LogP contribution in [0, 0.1) is 23.7 Å². The number of nitrogens with zero attached hydrogens (tertiary/aromatic N) is 2. The maximum Gasteiger partial charge on any atom is 0.261 e. The number of allylic oxidation sites excluding steroid dienone is 1. The SMILES string of the molecule is CC.CC.CCCN(CCC1CC1)c1ccc(C(=O)NC(C)SC(C#CC2CC2)NN)cn1.COC1=CNC(C(F)F)C=C1C. The Balaban J connectivity index is 0.000000528. The fraction of sp³-hybridized carbons (Fsp3) is 0.647. The highest BCUT2D eigenvalue weighted by atomic mass is 32.2. The molecule has 11 heteroatoms. The van der Waals surface area contributed by atoms with Gasteiger partial charge in [-0.3, -0.25) is 10.6 Å². The lowest BCUT2D eigenvalue weighted by Crippen LogP contribution is -2.37. The molecule has 4 rings (SSSR count). The molecule has 2 heterocycles. The summed E-state index contributed by atoms with van der Waals surface area (Å²) in [5.41, 5.74) is 4.01. The van der Waals surface area contributed by atoms with Crippen molar-refractivity contribution < 1.29 is 18.3 Å². The van der Waals surface area contributed by atoms with E-state index in [0.29, 0.717) is 17.2 Å². The highest BCUT2D eigenvalue weighted by molar-refractivity contribution is 8.00. The molecular weight excluding hydrogens is 594 g/mol. The third-order valence-electron chi connectivity index (χ3n) is 6.87. The summed E-state index contributed by atoms with van der Waals surface area (Å²) in [7, 11) is 1.51. The predicted molar refractivity (Wildman–Crippen MR) is 185 cm³/mol. The van der Waals surface area contributed by atoms with E-state index >= 15 is 0 Å². The van der Waals surface area contributed by atoms with E-state index in [2.05, 4.69) is 44.7 Å². The van der Waals surface area contributed by atoms with Gasteiger partial charge < -0.3 is 20.3 Å². The fourth-order valence-electron chi connectivity index (χ4n) is 4.16. The van der Waals surface area contributed by atoms with Crippen LogP contribution in [0.2, 0.25) is 0 Å². The van der Waals surface area contributed by atoms with Crippen molar-refractivity contribution in [3.8, 4) is 11.8 Å². The number of nitrogens with one attached hydrogen (secondary N) is 3. The zero-order valence-electron chi connectivity index (χ0n) is 28.5. The molecule has 254 valence electrons. The van der Waals surface area contributed by atoms with E-state index in [0.717, 1.165) is 36.8 Å². The molecule has 0 saturated heterocycles. The van der Waals surface area contributed by atoms with Crippen molar-refractivity contribution in [1.29, 1.82) is 0 Å². The van der Waals surface area contributed by atoms with Crippen LogP contribution in [-0.2, 0) is 4.74 Å². The number of carbonyl (C=O) groups is 1. The van der Waals surface area contributed by atoms with E-state index in [1.807, 2.05) is 46.8 Å². The summed E-state index contributed by atoms with van der Waals surface area (Å²) < 4.78 is 29.2. The van der Waals surface area contributed by atoms with Gasteiger partial charge in [0, 0.05) is 31.4 Å². The number of rotatable bonds is 13. The molecule has 8 nitrogen and oxygen atoms in total. The third-order valence-corrected chi connectivity index (χ3v) is 7.92. The Morgan fingerprint density at radius 3 is 2.38 bits per heavy atom. The van der Waals surface area contributed by atoms with Crippen molar-refractivity contribution in [1.82, 2.24) is 21.0 Å². The topological polar surface area (TPSA) is 105 Å². The third kappa shape index (κ3) is 15.8. The summed E-state index contributed by atoms with van der Waals surface area (Å²) in [5, 5.41) is 5.22. The normalized spacial score (nSPS) is 17.8. The summed E-state index contributed by atoms with van der Waals surface area (Å²) in [4.78, 5) is 19.5. The van der Waals surface area contributed by atoms with Crippen LogP contribution >= 0.6 is 11.8 Å². The van der Waals surface area contributed by atoms with Gasteiger partial charge in [0.1, 0.15) is 23.0 Å². The second-order valence-electron chi connectivity index (χ2n) is 10.6. The van der Waals surface area contributed by atoms with Gasteiger partial charge in [-0.2, -0.15) is 0 Å². The van der Waals surface area contributed by atoms with Crippen molar-refractivity contribution in [2.45, 2.75) is 110 Å². The minimum absolute atomic E-state index is 0.119. The number of ether oxygens (including phenoxy) is 1. The number of hydrogen-bond acceptors (Lipinski definition) is 8. The lowest BCUT2D eigenvalue weighted by Gasteiger charge is -2.23. The van der Waals surface area contributed by atoms with E-state index in [-0.39, 0.29) is 16.7 Å². The monoisotopic (exact) mass is 650 g/mol. The lowest BCUT2D eigenvalue weighted by atomic mass is 10.1. The molecule has 5 N–H and O–H groups in total. The molecule has 1 aliphatic heterocycles. The van der Waals surface area contributed by atoms with Gasteiger partial charge in [0.2, 0.25) is 0 Å². The first-order valence-electron chi connectivity index (χ1n) is 16.4. The van der Waals surface area contributed by atoms with Crippen LogP contribution in [0.25, 0.3) is 0 Å². The van der Waals surface area contributed by atoms with E-state index in [9.17, 15) is 13.6 Å². The summed E-state index contributed by atoms with van der Waals surface area (Å²) in [5.74, 6) is 14.8. The molecule has 2 aliphatic carbocycles. The number of hydrazine groups is 1. The summed E-state index contributed by atoms with van der Waals surface area (Å²) in [6, 6.07) is 2.94. The number of carbonyl (C=O) groups excluding carboxylic acids is 1. The largest absolute Gasteiger partial charge is 0.495 e. The number of halogens is 2. The van der Waals surface area contributed by atoms with Crippen LogP contribution in [0.4, 0.5) is 14.6 Å². The fourth-order valence-corrected chi connectivity index (χ4v) is 4.95. The molecule has 2 fully saturated rings. The van der Waals surface area contributed by atoms with Gasteiger partial charge in [-0.25, -0.2) is 19.2 Å². The van der Waals surface area contributed by atoms with E-state index < -0.39 is 12.5 Å². The van der Waals surface area contributed by atoms with Gasteiger partial charge in [-0.15, -0.1) is 11.8 Å². The summed E-state index contributed by atoms with van der Waals surface area (Å²) in [6.07, 6.45) is 9.64. The average molecular weight is 651 g/mol. The Labute approximate surface area is 274 Å². The van der Waals surface area contributed by atoms with Crippen molar-refractivity contribution in [3.63, 3.8) is 0 Å². The molecule has 0 spiro atoms. The van der Waals surface area contributed by atoms with Crippen molar-refractivity contribution in [3.05, 3.63) is 47.5 Å². The second kappa shape index (κ2) is 22.7. The summed E-state index contributed by atoms with van der Waals surface area (Å²) >= 11 is 1.50. The Hall–Kier alpha value is -2.81. The molecule has 0 bridgehead atoms. The number of anilines is 1. The Kier molecular flexibility index (Phi) is 20.2. The van der Waals surface area contributed by atoms with Crippen LogP contribution in [-0.4, -0.2) is 54.3 Å². The molecule has 1 aromatic rings. The van der Waals surface area contributed by atoms with Gasteiger partial charge in [-0.1, -0.05) is 65.4 Å². The standard InChI is InChI=1S/C22H33N5OS.C8H11F2NO.2C2H6/c1-3-13-27(14-12-18-6-7-18)20-10-9-19(15-24-20)22(28)25-16(2)29-21(26-23)11-8-17-4-5-17;1-5-3-6(8(9)10)11-4-7(5)12-2;2*1-2/h9-10,15-18,21,26H,3-7,12-14,23H2,1-2H3,(H,25,28);3-4,6,8,11H,1-2H3;2*1-2H3. The maximum absolute atomic E-state index is 12.6. The Bertz CT molecular complexity index is 1100. The smallest absolute Gasteiger partial charge is 0.261 e. The number of dihydropyridines is 1. The molecule has 45 heavy (non-hydrogen) atoms. The molecule has 2 saturated carbocycles. The zero-order valence-corrected chi connectivity index (χ0v) is 29.3. The van der Waals surface area contributed by atoms with Gasteiger partial charge in [-0.05, 0) is 63.2 Å². The molecule has 3 atom stereocenters. The van der Waals surface area contributed by atoms with Crippen molar-refractivity contribution >= 4 is 23.5 Å². The van der Waals surface area contributed by atoms with E-state index in [1.54, 1.807) is 13.1 Å². The minimum atomic E-state index is -2.38. The molecule has 0 radical (unpaired) electrons. The number of alkyl halides is 2. The first kappa shape index (κ1) is 40.2. The summed E-state index contributed by atoms with van der Waals surface area (Å²) in [6.45, 7) is 15.9. The minimum Gasteiger partial charge on any atom is -0.495 e. The van der Waals surface area contributed by atoms with E-state index in [4.69, 9.17) is 10.6 Å². The molecule has 1 amide bonds. The highest BCUT2D eigenvalue weighted by Gasteiger charge is 2.23. The Morgan fingerprint density at radius 2 is 1.89 bits per heavy atom. The molecule has 0 aromatic carbocycles. The number of aromatic nitrogens is 1. The maximum atomic E-state index is 12.6. The predicted octanol–water partition coefficient (Wildman–Crippen LogP) is 6.82. The zero-order chi connectivity index (χ0) is 33.8. The molecule has 1 aromatic heterocycles. The van der Waals surface area contributed by atoms with Crippen LogP contribution in [0.15, 0.2) is 41.9 Å². The number of hydrogen-bond donors (Lipinski definition) is 4. The van der Waals surface area contributed by atoms with E-state index in [1.165, 1.54) is 63.3 Å². The second-order valence-corrected chi connectivity index (χ2v) is 12.0. The van der Waals surface area contributed by atoms with Gasteiger partial charge in [0.05, 0.1) is 18.0 Å². The van der Waals surface area contributed by atoms with Crippen LogP contribution in [0.1, 0.15) is 97.3 Å². The van der Waals surface area contributed by atoms with Crippen molar-refractivity contribution in [2.24, 2.45) is 17.7 Å². The van der Waals surface area contributed by atoms with Crippen LogP contribution in [0.5, 0.6) is 0 Å². The number of thioether (sulfide) groups is 1. The number of methoxy groups -OCH3 is 1. The molecular formula is C34H56F2N6O2S. The number of amides is 1. The van der Waals surface area contributed by atoms with Crippen LogP contribution in [0.3, 0.4) is 0 Å². The number of nitrogens with two attached hydrogens (primary N) is 1. The average Bonchev–Trinajstić information content (AvgIpc) is 4.00. The van der Waals surface area contributed by atoms with Crippen LogP contribution < -0.4 is 26.8 Å².